The summed E-state index contributed by atoms with van der Waals surface area (Å²) in [5.74, 6) is -0.0856. The van der Waals surface area contributed by atoms with E-state index >= 15 is 0 Å². The molecule has 11 heteroatoms. The van der Waals surface area contributed by atoms with Gasteiger partial charge in [-0.15, -0.1) is 0 Å². The molecule has 0 radical (unpaired) electrons. The number of nitro benzene ring substituents is 1. The molecular weight excluding hydrogens is 343 g/mol. The molecule has 0 fully saturated rings. The average molecular weight is 349 g/mol. The Balaban J connectivity index is 2.44. The van der Waals surface area contributed by atoms with Crippen LogP contribution < -0.4 is 4.72 Å². The van der Waals surface area contributed by atoms with Gasteiger partial charge in [-0.1, -0.05) is 23.2 Å². The molecule has 0 spiro atoms. The number of rotatable bonds is 4. The quantitative estimate of drug-likeness (QED) is 0.515. The van der Waals surface area contributed by atoms with E-state index in [1.54, 1.807) is 0 Å². The van der Waals surface area contributed by atoms with E-state index in [9.17, 15) is 18.5 Å². The van der Waals surface area contributed by atoms with Gasteiger partial charge in [-0.2, -0.15) is 0 Å². The third kappa shape index (κ3) is 3.57. The zero-order chi connectivity index (χ0) is 15.6. The summed E-state index contributed by atoms with van der Waals surface area (Å²) in [6.07, 6.45) is 1.06. The maximum Gasteiger partial charge on any atom is 0.270 e. The number of hydrogen-bond donors (Lipinski definition) is 1. The number of halogens is 2. The number of nitrogens with one attached hydrogen (secondary N) is 1. The minimum absolute atomic E-state index is 0.0350. The van der Waals surface area contributed by atoms with Crippen molar-refractivity contribution in [2.75, 3.05) is 4.72 Å². The fraction of sp³-hybridized carbons (Fsp3) is 0. The van der Waals surface area contributed by atoms with Crippen LogP contribution in [-0.4, -0.2) is 23.3 Å². The molecule has 1 N–H and O–H groups in total. The minimum Gasteiger partial charge on any atom is -0.263 e. The summed E-state index contributed by atoms with van der Waals surface area (Å²) < 4.78 is 26.5. The first-order valence-electron chi connectivity index (χ1n) is 5.24. The lowest BCUT2D eigenvalue weighted by molar-refractivity contribution is -0.385. The number of nitrogens with zero attached hydrogens (tertiary/aromatic N) is 3. The van der Waals surface area contributed by atoms with Crippen LogP contribution in [0.3, 0.4) is 0 Å². The van der Waals surface area contributed by atoms with Crippen LogP contribution >= 0.6 is 23.2 Å². The van der Waals surface area contributed by atoms with E-state index in [4.69, 9.17) is 23.2 Å². The molecule has 1 heterocycles. The van der Waals surface area contributed by atoms with Crippen LogP contribution in [0.2, 0.25) is 10.2 Å². The van der Waals surface area contributed by atoms with Crippen molar-refractivity contribution in [3.8, 4) is 0 Å². The van der Waals surface area contributed by atoms with Crippen LogP contribution in [0.4, 0.5) is 11.5 Å². The van der Waals surface area contributed by atoms with Crippen molar-refractivity contribution in [2.24, 2.45) is 0 Å². The highest BCUT2D eigenvalue weighted by Gasteiger charge is 2.22. The topological polar surface area (TPSA) is 115 Å². The van der Waals surface area contributed by atoms with E-state index in [0.29, 0.717) is 0 Å². The zero-order valence-electron chi connectivity index (χ0n) is 10.0. The molecule has 2 rings (SSSR count). The summed E-state index contributed by atoms with van der Waals surface area (Å²) in [5, 5.41) is 10.6. The molecule has 0 aliphatic heterocycles. The number of anilines is 1. The van der Waals surface area contributed by atoms with Crippen LogP contribution in [0.15, 0.2) is 35.5 Å². The summed E-state index contributed by atoms with van der Waals surface area (Å²) in [7, 11) is -4.15. The fourth-order valence-electron chi connectivity index (χ4n) is 1.39. The predicted octanol–water partition coefficient (Wildman–Crippen LogP) is 2.49. The second-order valence-corrected chi connectivity index (χ2v) is 6.15. The third-order valence-electron chi connectivity index (χ3n) is 2.29. The minimum atomic E-state index is -4.15. The zero-order valence-corrected chi connectivity index (χ0v) is 12.4. The Bertz CT molecular complexity index is 812. The van der Waals surface area contributed by atoms with Crippen molar-refractivity contribution >= 4 is 44.7 Å². The van der Waals surface area contributed by atoms with Gasteiger partial charge in [-0.3, -0.25) is 14.8 Å². The van der Waals surface area contributed by atoms with Crippen molar-refractivity contribution in [1.82, 2.24) is 9.97 Å². The fourth-order valence-corrected chi connectivity index (χ4v) is 3.06. The van der Waals surface area contributed by atoms with E-state index in [1.807, 2.05) is 0 Å². The Kier molecular flexibility index (Phi) is 4.26. The van der Waals surface area contributed by atoms with Gasteiger partial charge in [0.25, 0.3) is 15.7 Å². The first kappa shape index (κ1) is 15.4. The van der Waals surface area contributed by atoms with Gasteiger partial charge in [-0.25, -0.2) is 18.4 Å². The molecule has 110 valence electrons. The highest BCUT2D eigenvalue weighted by molar-refractivity contribution is 7.92. The van der Waals surface area contributed by atoms with E-state index in [0.717, 1.165) is 24.5 Å². The third-order valence-corrected chi connectivity index (χ3v) is 4.33. The number of sulfonamides is 1. The van der Waals surface area contributed by atoms with Gasteiger partial charge in [0.05, 0.1) is 9.95 Å². The first-order chi connectivity index (χ1) is 9.79. The van der Waals surface area contributed by atoms with Crippen molar-refractivity contribution in [3.05, 3.63) is 50.9 Å². The van der Waals surface area contributed by atoms with Gasteiger partial charge in [0.1, 0.15) is 22.2 Å². The summed E-state index contributed by atoms with van der Waals surface area (Å²) in [6, 6.07) is 4.27. The summed E-state index contributed by atoms with van der Waals surface area (Å²) in [4.78, 5) is 16.8. The molecule has 1 aromatic heterocycles. The first-order valence-corrected chi connectivity index (χ1v) is 7.48. The van der Waals surface area contributed by atoms with E-state index in [2.05, 4.69) is 14.7 Å². The SMILES string of the molecule is O=[N+]([O-])c1ccc(Cl)c(S(=O)(=O)Nc2cc(Cl)ncn2)c1. The average Bonchev–Trinajstić information content (AvgIpc) is 2.38. The van der Waals surface area contributed by atoms with Gasteiger partial charge >= 0.3 is 0 Å². The molecule has 0 unspecified atom stereocenters. The Morgan fingerprint density at radius 1 is 1.19 bits per heavy atom. The molecule has 0 saturated carbocycles. The number of benzene rings is 1. The maximum absolute atomic E-state index is 12.2. The molecule has 0 amide bonds. The van der Waals surface area contributed by atoms with E-state index in [-0.39, 0.29) is 16.0 Å². The van der Waals surface area contributed by atoms with Gasteiger partial charge in [0, 0.05) is 18.2 Å². The monoisotopic (exact) mass is 348 g/mol. The van der Waals surface area contributed by atoms with Crippen LogP contribution in [-0.2, 0) is 10.0 Å². The Morgan fingerprint density at radius 3 is 2.52 bits per heavy atom. The van der Waals surface area contributed by atoms with Crippen LogP contribution in [0.5, 0.6) is 0 Å². The largest absolute Gasteiger partial charge is 0.270 e. The molecular formula is C10H6Cl2N4O4S. The van der Waals surface area contributed by atoms with Gasteiger partial charge < -0.3 is 0 Å². The molecule has 0 atom stereocenters. The summed E-state index contributed by atoms with van der Waals surface area (Å²) >= 11 is 11.4. The maximum atomic E-state index is 12.2. The molecule has 21 heavy (non-hydrogen) atoms. The molecule has 0 bridgehead atoms. The summed E-state index contributed by atoms with van der Waals surface area (Å²) in [5.41, 5.74) is -0.402. The lowest BCUT2D eigenvalue weighted by Gasteiger charge is -2.08. The molecule has 0 saturated heterocycles. The highest BCUT2D eigenvalue weighted by atomic mass is 35.5. The number of aromatic nitrogens is 2. The lowest BCUT2D eigenvalue weighted by Crippen LogP contribution is -2.14. The van der Waals surface area contributed by atoms with E-state index in [1.165, 1.54) is 6.07 Å². The Morgan fingerprint density at radius 2 is 1.90 bits per heavy atom. The molecule has 1 aromatic carbocycles. The van der Waals surface area contributed by atoms with Crippen LogP contribution in [0.25, 0.3) is 0 Å². The molecule has 8 nitrogen and oxygen atoms in total. The van der Waals surface area contributed by atoms with Gasteiger partial charge in [0.2, 0.25) is 0 Å². The molecule has 0 aliphatic carbocycles. The molecule has 0 aliphatic rings. The van der Waals surface area contributed by atoms with Gasteiger partial charge in [-0.05, 0) is 6.07 Å². The van der Waals surface area contributed by atoms with Crippen molar-refractivity contribution in [1.29, 1.82) is 0 Å². The second kappa shape index (κ2) is 5.80. The van der Waals surface area contributed by atoms with Crippen molar-refractivity contribution in [3.63, 3.8) is 0 Å². The highest BCUT2D eigenvalue weighted by Crippen LogP contribution is 2.27. The van der Waals surface area contributed by atoms with Crippen LogP contribution in [0.1, 0.15) is 0 Å². The standard InChI is InChI=1S/C10H6Cl2N4O4S/c11-7-2-1-6(16(17)18)3-8(7)21(19,20)15-10-4-9(12)13-5-14-10/h1-5H,(H,13,14,15). The van der Waals surface area contributed by atoms with Crippen molar-refractivity contribution in [2.45, 2.75) is 4.90 Å². The number of non-ortho nitro benzene ring substituents is 1. The normalized spacial score (nSPS) is 11.1. The number of hydrogen-bond acceptors (Lipinski definition) is 6. The van der Waals surface area contributed by atoms with Gasteiger partial charge in [0.15, 0.2) is 0 Å². The summed E-state index contributed by atoms with van der Waals surface area (Å²) in [6.45, 7) is 0. The predicted molar refractivity (Wildman–Crippen MR) is 76.0 cm³/mol. The number of nitro groups is 1. The van der Waals surface area contributed by atoms with Crippen molar-refractivity contribution < 1.29 is 13.3 Å². The van der Waals surface area contributed by atoms with E-state index < -0.39 is 25.5 Å². The van der Waals surface area contributed by atoms with Crippen LogP contribution in [0, 0.1) is 10.1 Å². The molecule has 2 aromatic rings. The Hall–Kier alpha value is -1.97. The lowest BCUT2D eigenvalue weighted by atomic mass is 10.3. The Labute approximate surface area is 128 Å². The smallest absolute Gasteiger partial charge is 0.263 e. The second-order valence-electron chi connectivity index (χ2n) is 3.70.